The van der Waals surface area contributed by atoms with Crippen molar-refractivity contribution in [3.63, 3.8) is 0 Å². The van der Waals surface area contributed by atoms with Crippen molar-refractivity contribution in [2.75, 3.05) is 6.54 Å². The average molecular weight is 208 g/mol. The molecule has 0 spiro atoms. The molecular weight excluding hydrogens is 196 g/mol. The van der Waals surface area contributed by atoms with Crippen molar-refractivity contribution in [3.8, 4) is 10.6 Å². The summed E-state index contributed by atoms with van der Waals surface area (Å²) in [5, 5.41) is 7.03. The molecule has 2 heterocycles. The number of nitrogens with zero attached hydrogens (tertiary/aromatic N) is 2. The van der Waals surface area contributed by atoms with Gasteiger partial charge in [0.15, 0.2) is 0 Å². The number of nitrogens with two attached hydrogens (primary N) is 1. The van der Waals surface area contributed by atoms with Crippen LogP contribution in [0, 0.1) is 6.92 Å². The van der Waals surface area contributed by atoms with E-state index < -0.39 is 0 Å². The third kappa shape index (κ3) is 1.56. The number of rotatable bonds is 3. The Balaban J connectivity index is 2.41. The first-order chi connectivity index (χ1) is 6.83. The molecule has 0 atom stereocenters. The van der Waals surface area contributed by atoms with E-state index in [-0.39, 0.29) is 0 Å². The van der Waals surface area contributed by atoms with Crippen molar-refractivity contribution in [1.82, 2.24) is 15.2 Å². The molecule has 2 aromatic rings. The summed E-state index contributed by atoms with van der Waals surface area (Å²) in [6.07, 6.45) is 2.69. The van der Waals surface area contributed by atoms with Crippen LogP contribution in [-0.4, -0.2) is 21.7 Å². The second-order valence-corrected chi connectivity index (χ2v) is 3.93. The zero-order valence-electron chi connectivity index (χ0n) is 7.95. The molecule has 4 nitrogen and oxygen atoms in total. The van der Waals surface area contributed by atoms with Gasteiger partial charge in [0.1, 0.15) is 0 Å². The van der Waals surface area contributed by atoms with Crippen LogP contribution in [0.3, 0.4) is 0 Å². The lowest BCUT2D eigenvalue weighted by atomic mass is 10.1. The minimum absolute atomic E-state index is 0.643. The maximum absolute atomic E-state index is 5.53. The number of nitrogens with one attached hydrogen (secondary N) is 1. The van der Waals surface area contributed by atoms with Crippen molar-refractivity contribution in [2.45, 2.75) is 13.3 Å². The fourth-order valence-electron chi connectivity index (χ4n) is 1.39. The highest BCUT2D eigenvalue weighted by atomic mass is 32.1. The first-order valence-electron chi connectivity index (χ1n) is 4.45. The van der Waals surface area contributed by atoms with E-state index in [4.69, 9.17) is 5.73 Å². The molecule has 0 fully saturated rings. The maximum Gasteiger partial charge on any atom is 0.0801 e. The van der Waals surface area contributed by atoms with Gasteiger partial charge in [0.25, 0.3) is 0 Å². The number of aromatic nitrogens is 3. The van der Waals surface area contributed by atoms with Crippen molar-refractivity contribution < 1.29 is 0 Å². The van der Waals surface area contributed by atoms with Crippen LogP contribution in [0.5, 0.6) is 0 Å². The SMILES string of the molecule is Cc1ncsc1-c1[nH]ncc1CCN. The summed E-state index contributed by atoms with van der Waals surface area (Å²) < 4.78 is 0. The van der Waals surface area contributed by atoms with Crippen LogP contribution in [-0.2, 0) is 6.42 Å². The minimum Gasteiger partial charge on any atom is -0.330 e. The van der Waals surface area contributed by atoms with Gasteiger partial charge >= 0.3 is 0 Å². The molecule has 74 valence electrons. The predicted octanol–water partition coefficient (Wildman–Crippen LogP) is 1.34. The number of H-pyrrole nitrogens is 1. The highest BCUT2D eigenvalue weighted by Gasteiger charge is 2.11. The van der Waals surface area contributed by atoms with Gasteiger partial charge in [-0.15, -0.1) is 11.3 Å². The zero-order valence-corrected chi connectivity index (χ0v) is 8.77. The third-order valence-electron chi connectivity index (χ3n) is 2.10. The number of thiazole rings is 1. The van der Waals surface area contributed by atoms with E-state index in [2.05, 4.69) is 15.2 Å². The molecule has 0 saturated heterocycles. The molecule has 14 heavy (non-hydrogen) atoms. The average Bonchev–Trinajstić information content (AvgIpc) is 2.74. The lowest BCUT2D eigenvalue weighted by Gasteiger charge is -1.99. The molecule has 2 aromatic heterocycles. The quantitative estimate of drug-likeness (QED) is 0.800. The van der Waals surface area contributed by atoms with Crippen LogP contribution in [0.1, 0.15) is 11.3 Å². The predicted molar refractivity (Wildman–Crippen MR) is 57.2 cm³/mol. The van der Waals surface area contributed by atoms with Crippen LogP contribution < -0.4 is 5.73 Å². The Morgan fingerprint density at radius 3 is 3.07 bits per heavy atom. The summed E-state index contributed by atoms with van der Waals surface area (Å²) in [5.74, 6) is 0. The summed E-state index contributed by atoms with van der Waals surface area (Å²) in [5.41, 5.74) is 10.6. The normalized spacial score (nSPS) is 10.7. The number of aromatic amines is 1. The molecule has 0 unspecified atom stereocenters. The highest BCUT2D eigenvalue weighted by Crippen LogP contribution is 2.27. The summed E-state index contributed by atoms with van der Waals surface area (Å²) in [4.78, 5) is 5.37. The van der Waals surface area contributed by atoms with Gasteiger partial charge in [0.2, 0.25) is 0 Å². The zero-order chi connectivity index (χ0) is 9.97. The van der Waals surface area contributed by atoms with Gasteiger partial charge in [-0.1, -0.05) is 0 Å². The van der Waals surface area contributed by atoms with Gasteiger partial charge in [-0.3, -0.25) is 5.10 Å². The molecule has 0 saturated carbocycles. The molecular formula is C9H12N4S. The summed E-state index contributed by atoms with van der Waals surface area (Å²) >= 11 is 1.62. The van der Waals surface area contributed by atoms with E-state index in [0.29, 0.717) is 6.54 Å². The number of hydrogen-bond donors (Lipinski definition) is 2. The molecule has 0 aliphatic heterocycles. The molecule has 3 N–H and O–H groups in total. The van der Waals surface area contributed by atoms with Crippen molar-refractivity contribution in [2.24, 2.45) is 5.73 Å². The fraction of sp³-hybridized carbons (Fsp3) is 0.333. The van der Waals surface area contributed by atoms with E-state index in [1.165, 1.54) is 5.56 Å². The molecule has 0 aliphatic carbocycles. The summed E-state index contributed by atoms with van der Waals surface area (Å²) in [6.45, 7) is 2.64. The van der Waals surface area contributed by atoms with Gasteiger partial charge < -0.3 is 5.73 Å². The van der Waals surface area contributed by atoms with Gasteiger partial charge in [-0.05, 0) is 25.5 Å². The first-order valence-corrected chi connectivity index (χ1v) is 5.33. The van der Waals surface area contributed by atoms with E-state index in [1.807, 2.05) is 18.6 Å². The summed E-state index contributed by atoms with van der Waals surface area (Å²) in [7, 11) is 0. The van der Waals surface area contributed by atoms with Crippen molar-refractivity contribution >= 4 is 11.3 Å². The van der Waals surface area contributed by atoms with E-state index in [0.717, 1.165) is 22.7 Å². The summed E-state index contributed by atoms with van der Waals surface area (Å²) in [6, 6.07) is 0. The monoisotopic (exact) mass is 208 g/mol. The Bertz CT molecular complexity index is 418. The van der Waals surface area contributed by atoms with Gasteiger partial charge in [0.05, 0.1) is 28.0 Å². The Labute approximate surface area is 86.2 Å². The molecule has 0 amide bonds. The van der Waals surface area contributed by atoms with E-state index in [9.17, 15) is 0 Å². The Hall–Kier alpha value is -1.20. The smallest absolute Gasteiger partial charge is 0.0801 e. The standard InChI is InChI=1S/C9H12N4S/c1-6-9(14-5-11-6)8-7(2-3-10)4-12-13-8/h4-5H,2-3,10H2,1H3,(H,12,13). The molecule has 0 radical (unpaired) electrons. The lowest BCUT2D eigenvalue weighted by molar-refractivity contribution is 0.972. The van der Waals surface area contributed by atoms with Crippen molar-refractivity contribution in [1.29, 1.82) is 0 Å². The molecule has 2 rings (SSSR count). The number of hydrogen-bond acceptors (Lipinski definition) is 4. The minimum atomic E-state index is 0.643. The first kappa shape index (κ1) is 9.36. The van der Waals surface area contributed by atoms with Gasteiger partial charge in [-0.2, -0.15) is 5.10 Å². The van der Waals surface area contributed by atoms with Crippen LogP contribution in [0.15, 0.2) is 11.7 Å². The second kappa shape index (κ2) is 3.89. The number of aryl methyl sites for hydroxylation is 1. The fourth-order valence-corrected chi connectivity index (χ4v) is 2.23. The van der Waals surface area contributed by atoms with Crippen molar-refractivity contribution in [3.05, 3.63) is 23.0 Å². The van der Waals surface area contributed by atoms with Crippen LogP contribution in [0.25, 0.3) is 10.6 Å². The second-order valence-electron chi connectivity index (χ2n) is 3.08. The van der Waals surface area contributed by atoms with Crippen LogP contribution in [0.4, 0.5) is 0 Å². The van der Waals surface area contributed by atoms with Gasteiger partial charge in [0, 0.05) is 0 Å². The van der Waals surface area contributed by atoms with Crippen LogP contribution >= 0.6 is 11.3 Å². The Kier molecular flexibility index (Phi) is 2.60. The highest BCUT2D eigenvalue weighted by molar-refractivity contribution is 7.13. The van der Waals surface area contributed by atoms with Gasteiger partial charge in [-0.25, -0.2) is 4.98 Å². The van der Waals surface area contributed by atoms with E-state index in [1.54, 1.807) is 11.3 Å². The Morgan fingerprint density at radius 2 is 2.43 bits per heavy atom. The molecule has 5 heteroatoms. The molecule has 0 aliphatic rings. The maximum atomic E-state index is 5.53. The van der Waals surface area contributed by atoms with E-state index >= 15 is 0 Å². The topological polar surface area (TPSA) is 67.6 Å². The molecule has 0 bridgehead atoms. The third-order valence-corrected chi connectivity index (χ3v) is 3.05. The Morgan fingerprint density at radius 1 is 1.57 bits per heavy atom. The molecule has 0 aromatic carbocycles. The lowest BCUT2D eigenvalue weighted by Crippen LogP contribution is -2.02. The largest absolute Gasteiger partial charge is 0.330 e. The van der Waals surface area contributed by atoms with Crippen LogP contribution in [0.2, 0.25) is 0 Å².